The molecule has 0 aliphatic carbocycles. The minimum absolute atomic E-state index is 0.523. The minimum Gasteiger partial charge on any atom is -0.0768 e. The van der Waals surface area contributed by atoms with Gasteiger partial charge in [0, 0.05) is 19.0 Å². The van der Waals surface area contributed by atoms with E-state index < -0.39 is 0 Å². The van der Waals surface area contributed by atoms with Crippen molar-refractivity contribution in [3.8, 4) is 0 Å². The Labute approximate surface area is 120 Å². The molecule has 0 bridgehead atoms. The molecule has 0 spiro atoms. The normalized spacial score (nSPS) is 11.5. The Bertz CT molecular complexity index is 98.7. The van der Waals surface area contributed by atoms with E-state index in [-0.39, 0.29) is 0 Å². The van der Waals surface area contributed by atoms with Crippen LogP contribution in [0.2, 0.25) is 24.2 Å². The van der Waals surface area contributed by atoms with Gasteiger partial charge >= 0.3 is 0 Å². The zero-order valence-electron chi connectivity index (χ0n) is 7.20. The summed E-state index contributed by atoms with van der Waals surface area (Å²) in [6.07, 6.45) is 1.40. The van der Waals surface area contributed by atoms with E-state index in [0.29, 0.717) is 7.47 Å². The lowest BCUT2D eigenvalue weighted by Crippen LogP contribution is -1.98. The van der Waals surface area contributed by atoms with Crippen molar-refractivity contribution in [2.45, 2.75) is 38.1 Å². The van der Waals surface area contributed by atoms with Crippen molar-refractivity contribution in [1.82, 2.24) is 0 Å². The summed E-state index contributed by atoms with van der Waals surface area (Å²) in [6.45, 7) is 0. The summed E-state index contributed by atoms with van der Waals surface area (Å²) in [5, 5.41) is 0. The van der Waals surface area contributed by atoms with Gasteiger partial charge in [0.15, 0.2) is 0 Å². The number of hydrogen-bond donors (Lipinski definition) is 0. The maximum Gasteiger partial charge on any atom is 0.0670 e. The fourth-order valence-electron chi connectivity index (χ4n) is 0.761. The molecule has 0 saturated heterocycles. The summed E-state index contributed by atoms with van der Waals surface area (Å²) < 4.78 is 1.05. The van der Waals surface area contributed by atoms with Gasteiger partial charge in [-0.1, -0.05) is 82.2 Å². The van der Waals surface area contributed by atoms with Crippen LogP contribution in [0.25, 0.3) is 0 Å². The first-order valence-corrected chi connectivity index (χ1v) is 10.6. The highest BCUT2D eigenvalue weighted by atomic mass is 79.9. The molecule has 4 radical (unpaired) electrons. The molecule has 0 unspecified atom stereocenters. The second-order valence-corrected chi connectivity index (χ2v) is 12.2. The zero-order chi connectivity index (χ0) is 10.1. The van der Waals surface area contributed by atoms with Gasteiger partial charge in [0.05, 0.1) is 7.47 Å². The highest BCUT2D eigenvalue weighted by Gasteiger charge is 2.00. The van der Waals surface area contributed by atoms with Crippen molar-refractivity contribution >= 4 is 82.8 Å². The lowest BCUT2D eigenvalue weighted by Gasteiger charge is -2.01. The molecule has 76 valence electrons. The molecular weight excluding hydrogens is 460 g/mol. The van der Waals surface area contributed by atoms with E-state index in [1.807, 2.05) is 0 Å². The average molecular weight is 472 g/mol. The van der Waals surface area contributed by atoms with E-state index in [1.54, 1.807) is 0 Å². The van der Waals surface area contributed by atoms with E-state index >= 15 is 0 Å². The van der Waals surface area contributed by atoms with E-state index in [9.17, 15) is 0 Å². The first-order valence-electron chi connectivity index (χ1n) is 4.10. The van der Waals surface area contributed by atoms with Crippen LogP contribution in [0.1, 0.15) is 6.42 Å². The molecule has 6 heteroatoms. The van der Waals surface area contributed by atoms with Crippen LogP contribution in [0.5, 0.6) is 0 Å². The molecule has 13 heavy (non-hydrogen) atoms. The fraction of sp³-hybridized carbons (Fsp3) is 1.00. The van der Waals surface area contributed by atoms with Gasteiger partial charge in [0.25, 0.3) is 0 Å². The van der Waals surface area contributed by atoms with Crippen LogP contribution in [-0.2, 0) is 0 Å². The van der Waals surface area contributed by atoms with Gasteiger partial charge in [0.2, 0.25) is 0 Å². The van der Waals surface area contributed by atoms with E-state index in [0.717, 1.165) is 19.0 Å². The Kier molecular flexibility index (Phi) is 12.8. The monoisotopic (exact) mass is 468 g/mol. The molecule has 0 heterocycles. The second kappa shape index (κ2) is 10.9. The lowest BCUT2D eigenvalue weighted by atomic mass is 10.6. The topological polar surface area (TPSA) is 0 Å². The Balaban J connectivity index is 2.92. The Morgan fingerprint density at radius 2 is 1.15 bits per heavy atom. The third kappa shape index (κ3) is 14.4. The molecule has 0 aliphatic heterocycles. The van der Waals surface area contributed by atoms with Gasteiger partial charge in [-0.15, -0.1) is 0 Å². The van der Waals surface area contributed by atoms with Crippen LogP contribution in [0.15, 0.2) is 0 Å². The summed E-state index contributed by atoms with van der Waals surface area (Å²) in [5.41, 5.74) is 0. The molecule has 0 aromatic carbocycles. The third-order valence-electron chi connectivity index (χ3n) is 1.30. The Morgan fingerprint density at radius 3 is 1.46 bits per heavy atom. The van der Waals surface area contributed by atoms with Gasteiger partial charge < -0.3 is 0 Å². The van der Waals surface area contributed by atoms with Gasteiger partial charge in [-0.3, -0.25) is 0 Å². The van der Waals surface area contributed by atoms with E-state index in [4.69, 9.17) is 0 Å². The molecule has 0 N–H and O–H groups in total. The fourth-order valence-corrected chi connectivity index (χ4v) is 5.56. The van der Waals surface area contributed by atoms with Crippen LogP contribution in [0.4, 0.5) is 0 Å². The number of rotatable bonds is 8. The summed E-state index contributed by atoms with van der Waals surface area (Å²) in [6, 6.07) is 5.33. The largest absolute Gasteiger partial charge is 0.0768 e. The molecule has 0 saturated carbocycles. The quantitative estimate of drug-likeness (QED) is 0.274. The van der Waals surface area contributed by atoms with Crippen molar-refractivity contribution < 1.29 is 0 Å². The number of hydrogen-bond acceptors (Lipinski definition) is 0. The minimum atomic E-state index is 0.523. The van der Waals surface area contributed by atoms with Crippen molar-refractivity contribution in [3.05, 3.63) is 0 Å². The second-order valence-electron chi connectivity index (χ2n) is 2.54. The van der Waals surface area contributed by atoms with Gasteiger partial charge in [-0.05, 0) is 12.1 Å². The maximum atomic E-state index is 3.49. The lowest BCUT2D eigenvalue weighted by molar-refractivity contribution is 1.05. The molecule has 0 atom stereocenters. The molecular formula is C7H12Br4Si2. The first kappa shape index (κ1) is 15.4. The third-order valence-corrected chi connectivity index (χ3v) is 7.80. The first-order chi connectivity index (χ1) is 6.13. The molecule has 0 fully saturated rings. The van der Waals surface area contributed by atoms with Crippen LogP contribution < -0.4 is 0 Å². The predicted octanol–water partition coefficient (Wildman–Crippen LogP) is 4.69. The van der Waals surface area contributed by atoms with Gasteiger partial charge in [-0.2, -0.15) is 0 Å². The van der Waals surface area contributed by atoms with E-state index in [2.05, 4.69) is 63.7 Å². The van der Waals surface area contributed by atoms with E-state index in [1.165, 1.54) is 30.6 Å². The summed E-state index contributed by atoms with van der Waals surface area (Å²) in [7, 11) is 2.21. The molecule has 0 aromatic rings. The van der Waals surface area contributed by atoms with Crippen molar-refractivity contribution in [3.63, 3.8) is 0 Å². The highest BCUT2D eigenvalue weighted by molar-refractivity contribution is 9.25. The van der Waals surface area contributed by atoms with Crippen molar-refractivity contribution in [1.29, 1.82) is 0 Å². The summed E-state index contributed by atoms with van der Waals surface area (Å²) in [4.78, 5) is 0. The summed E-state index contributed by atoms with van der Waals surface area (Å²) >= 11 is 14.0. The Morgan fingerprint density at radius 1 is 0.769 bits per heavy atom. The smallest absolute Gasteiger partial charge is 0.0670 e. The van der Waals surface area contributed by atoms with Crippen molar-refractivity contribution in [2.24, 2.45) is 0 Å². The highest BCUT2D eigenvalue weighted by Crippen LogP contribution is 2.15. The molecule has 0 amide bonds. The summed E-state index contributed by atoms with van der Waals surface area (Å²) in [5.74, 6) is 0. The number of alkyl halides is 4. The SMILES string of the molecule is BrC(Br)C[Si]CCC[Si]CC(Br)Br. The van der Waals surface area contributed by atoms with Crippen LogP contribution in [0, 0.1) is 0 Å². The Hall–Kier alpha value is 2.35. The van der Waals surface area contributed by atoms with Gasteiger partial charge in [-0.25, -0.2) is 0 Å². The standard InChI is InChI=1S/C7H12Br4Si2/c8-6(9)4-12-2-1-3-13-5-7(10)11/h6-7H,1-5H2. The average Bonchev–Trinajstić information content (AvgIpc) is 2.01. The molecule has 0 aliphatic rings. The van der Waals surface area contributed by atoms with Crippen molar-refractivity contribution in [2.75, 3.05) is 0 Å². The molecule has 0 nitrogen and oxygen atoms in total. The molecule has 0 aromatic heterocycles. The zero-order valence-corrected chi connectivity index (χ0v) is 15.5. The maximum absolute atomic E-state index is 3.49. The predicted molar refractivity (Wildman–Crippen MR) is 78.6 cm³/mol. The molecule has 0 rings (SSSR count). The van der Waals surface area contributed by atoms with Crippen LogP contribution >= 0.6 is 63.7 Å². The number of halogens is 4. The van der Waals surface area contributed by atoms with Crippen LogP contribution in [0.3, 0.4) is 0 Å². The van der Waals surface area contributed by atoms with Gasteiger partial charge in [0.1, 0.15) is 0 Å². The van der Waals surface area contributed by atoms with Crippen LogP contribution in [-0.4, -0.2) is 26.5 Å².